The maximum atomic E-state index is 14.2. The normalized spacial score (nSPS) is 15.8. The second-order valence-corrected chi connectivity index (χ2v) is 11.7. The molecule has 0 unspecified atom stereocenters. The van der Waals surface area contributed by atoms with E-state index in [0.29, 0.717) is 50.3 Å². The standard InChI is InChI=1S/C28H29Cl3N2O5S/c1-37-26(34)16-39-24-13-23(21(29)12-22(24)30)33(15-17-10-11-25(31)32-14-17)27(35)19-8-4-5-9-20(19)28(36)38-18-6-2-3-7-18/h10-14,18H,2-9,15-16H2,1H3. The van der Waals surface area contributed by atoms with Crippen LogP contribution in [0.25, 0.3) is 0 Å². The maximum Gasteiger partial charge on any atom is 0.334 e. The van der Waals surface area contributed by atoms with Gasteiger partial charge in [-0.15, -0.1) is 11.8 Å². The van der Waals surface area contributed by atoms with Crippen molar-refractivity contribution >= 4 is 70.1 Å². The van der Waals surface area contributed by atoms with Crippen LogP contribution in [0.4, 0.5) is 5.69 Å². The Labute approximate surface area is 247 Å². The van der Waals surface area contributed by atoms with E-state index >= 15 is 0 Å². The van der Waals surface area contributed by atoms with E-state index < -0.39 is 11.9 Å². The van der Waals surface area contributed by atoms with Gasteiger partial charge in [0.05, 0.1) is 35.1 Å². The minimum absolute atomic E-state index is 0.0364. The second-order valence-electron chi connectivity index (χ2n) is 9.46. The zero-order valence-electron chi connectivity index (χ0n) is 21.5. The number of carbonyl (C=O) groups excluding carboxylic acids is 3. The molecule has 39 heavy (non-hydrogen) atoms. The first-order valence-corrected chi connectivity index (χ1v) is 14.9. The Morgan fingerprint density at radius 1 is 1.00 bits per heavy atom. The Hall–Kier alpha value is -2.26. The summed E-state index contributed by atoms with van der Waals surface area (Å²) in [5, 5.41) is 0.926. The summed E-state index contributed by atoms with van der Waals surface area (Å²) in [6, 6.07) is 6.64. The molecule has 1 aromatic carbocycles. The van der Waals surface area contributed by atoms with Crippen molar-refractivity contribution in [3.63, 3.8) is 0 Å². The molecule has 0 atom stereocenters. The van der Waals surface area contributed by atoms with Gasteiger partial charge in [-0.1, -0.05) is 40.9 Å². The molecule has 11 heteroatoms. The number of esters is 2. The van der Waals surface area contributed by atoms with Gasteiger partial charge in [0.15, 0.2) is 0 Å². The Morgan fingerprint density at radius 2 is 1.72 bits per heavy atom. The Balaban J connectivity index is 1.73. The predicted octanol–water partition coefficient (Wildman–Crippen LogP) is 7.20. The Morgan fingerprint density at radius 3 is 2.38 bits per heavy atom. The molecule has 1 heterocycles. The summed E-state index contributed by atoms with van der Waals surface area (Å²) < 4.78 is 10.5. The van der Waals surface area contributed by atoms with E-state index in [1.165, 1.54) is 23.8 Å². The van der Waals surface area contributed by atoms with Crippen LogP contribution in [0.2, 0.25) is 15.2 Å². The van der Waals surface area contributed by atoms with Crippen molar-refractivity contribution in [1.29, 1.82) is 0 Å². The summed E-state index contributed by atoms with van der Waals surface area (Å²) in [6.45, 7) is 0.125. The molecular formula is C28H29Cl3N2O5S. The largest absolute Gasteiger partial charge is 0.468 e. The topological polar surface area (TPSA) is 85.8 Å². The van der Waals surface area contributed by atoms with Crippen LogP contribution in [0.1, 0.15) is 56.9 Å². The SMILES string of the molecule is COC(=O)CSc1cc(N(Cc2ccc(Cl)nc2)C(=O)C2=C(C(=O)OC3CCCC3)CCCC2)c(Cl)cc1Cl. The van der Waals surface area contributed by atoms with Crippen LogP contribution in [0.3, 0.4) is 0 Å². The first kappa shape index (κ1) is 29.7. The van der Waals surface area contributed by atoms with Gasteiger partial charge in [-0.25, -0.2) is 9.78 Å². The summed E-state index contributed by atoms with van der Waals surface area (Å²) >= 11 is 20.2. The fourth-order valence-electron chi connectivity index (χ4n) is 4.74. The fraction of sp³-hybridized carbons (Fsp3) is 0.429. The molecule has 0 bridgehead atoms. The lowest BCUT2D eigenvalue weighted by Crippen LogP contribution is -2.34. The third kappa shape index (κ3) is 7.69. The van der Waals surface area contributed by atoms with E-state index in [2.05, 4.69) is 4.98 Å². The second kappa shape index (κ2) is 13.9. The van der Waals surface area contributed by atoms with Crippen LogP contribution < -0.4 is 4.90 Å². The average molecular weight is 612 g/mol. The van der Waals surface area contributed by atoms with Crippen molar-refractivity contribution in [1.82, 2.24) is 4.98 Å². The summed E-state index contributed by atoms with van der Waals surface area (Å²) in [5.74, 6) is -1.12. The number of aromatic nitrogens is 1. The molecule has 7 nitrogen and oxygen atoms in total. The van der Waals surface area contributed by atoms with Gasteiger partial charge in [0.2, 0.25) is 0 Å². The molecule has 2 aliphatic rings. The number of benzene rings is 1. The van der Waals surface area contributed by atoms with Gasteiger partial charge in [-0.3, -0.25) is 9.59 Å². The monoisotopic (exact) mass is 610 g/mol. The molecular weight excluding hydrogens is 583 g/mol. The number of rotatable bonds is 9. The number of nitrogens with zero attached hydrogens (tertiary/aromatic N) is 2. The summed E-state index contributed by atoms with van der Waals surface area (Å²) in [4.78, 5) is 45.4. The summed E-state index contributed by atoms with van der Waals surface area (Å²) in [7, 11) is 1.31. The Kier molecular flexibility index (Phi) is 10.6. The van der Waals surface area contributed by atoms with Crippen LogP contribution in [-0.4, -0.2) is 41.8 Å². The number of anilines is 1. The summed E-state index contributed by atoms with van der Waals surface area (Å²) in [6.07, 6.45) is 7.80. The maximum absolute atomic E-state index is 14.2. The minimum Gasteiger partial charge on any atom is -0.468 e. The molecule has 0 radical (unpaired) electrons. The summed E-state index contributed by atoms with van der Waals surface area (Å²) in [5.41, 5.74) is 1.98. The number of thioether (sulfide) groups is 1. The van der Waals surface area contributed by atoms with E-state index in [-0.39, 0.29) is 29.3 Å². The molecule has 2 aliphatic carbocycles. The molecule has 208 valence electrons. The highest BCUT2D eigenvalue weighted by Gasteiger charge is 2.32. The van der Waals surface area contributed by atoms with E-state index in [9.17, 15) is 14.4 Å². The van der Waals surface area contributed by atoms with E-state index in [1.54, 1.807) is 30.5 Å². The lowest BCUT2D eigenvalue weighted by atomic mass is 9.90. The molecule has 0 aliphatic heterocycles. The van der Waals surface area contributed by atoms with Gasteiger partial charge >= 0.3 is 11.9 Å². The lowest BCUT2D eigenvalue weighted by Gasteiger charge is -2.28. The van der Waals surface area contributed by atoms with Gasteiger partial charge in [-0.05, 0) is 75.1 Å². The number of pyridine rings is 1. The number of amides is 1. The minimum atomic E-state index is -0.412. The van der Waals surface area contributed by atoms with Crippen molar-refractivity contribution in [3.05, 3.63) is 62.4 Å². The van der Waals surface area contributed by atoms with E-state index in [4.69, 9.17) is 44.3 Å². The van der Waals surface area contributed by atoms with Gasteiger partial charge in [0, 0.05) is 22.2 Å². The molecule has 0 saturated heterocycles. The highest BCUT2D eigenvalue weighted by molar-refractivity contribution is 8.00. The van der Waals surface area contributed by atoms with Crippen molar-refractivity contribution < 1.29 is 23.9 Å². The zero-order valence-corrected chi connectivity index (χ0v) is 24.6. The number of hydrogen-bond acceptors (Lipinski definition) is 7. The number of methoxy groups -OCH3 is 1. The number of hydrogen-bond donors (Lipinski definition) is 0. The Bertz CT molecular complexity index is 1260. The molecule has 0 spiro atoms. The molecule has 2 aromatic rings. The number of halogens is 3. The van der Waals surface area contributed by atoms with Crippen LogP contribution in [0.5, 0.6) is 0 Å². The van der Waals surface area contributed by atoms with Crippen molar-refractivity contribution in [2.75, 3.05) is 17.8 Å². The first-order valence-electron chi connectivity index (χ1n) is 12.8. The molecule has 0 N–H and O–H groups in total. The van der Waals surface area contributed by atoms with E-state index in [1.807, 2.05) is 0 Å². The lowest BCUT2D eigenvalue weighted by molar-refractivity contribution is -0.144. The molecule has 4 rings (SSSR count). The number of carbonyl (C=O) groups is 3. The van der Waals surface area contributed by atoms with Gasteiger partial charge < -0.3 is 14.4 Å². The van der Waals surface area contributed by atoms with Crippen LogP contribution in [0.15, 0.2) is 46.5 Å². The predicted molar refractivity (Wildman–Crippen MR) is 153 cm³/mol. The smallest absolute Gasteiger partial charge is 0.334 e. The fourth-order valence-corrected chi connectivity index (χ4v) is 6.28. The molecule has 1 aromatic heterocycles. The van der Waals surface area contributed by atoms with Gasteiger partial charge in [0.1, 0.15) is 11.3 Å². The quantitative estimate of drug-likeness (QED) is 0.168. The third-order valence-electron chi connectivity index (χ3n) is 6.79. The van der Waals surface area contributed by atoms with Gasteiger partial charge in [-0.2, -0.15) is 0 Å². The number of ether oxygens (including phenoxy) is 2. The van der Waals surface area contributed by atoms with Gasteiger partial charge in [0.25, 0.3) is 5.91 Å². The highest BCUT2D eigenvalue weighted by Crippen LogP contribution is 2.39. The molecule has 1 saturated carbocycles. The highest BCUT2D eigenvalue weighted by atomic mass is 35.5. The zero-order chi connectivity index (χ0) is 27.9. The van der Waals surface area contributed by atoms with Crippen LogP contribution >= 0.6 is 46.6 Å². The van der Waals surface area contributed by atoms with Crippen molar-refractivity contribution in [2.24, 2.45) is 0 Å². The van der Waals surface area contributed by atoms with Crippen molar-refractivity contribution in [2.45, 2.75) is 68.9 Å². The molecule has 1 fully saturated rings. The van der Waals surface area contributed by atoms with Crippen LogP contribution in [-0.2, 0) is 30.4 Å². The average Bonchev–Trinajstić information content (AvgIpc) is 3.45. The third-order valence-corrected chi connectivity index (χ3v) is 8.77. The molecule has 1 amide bonds. The van der Waals surface area contributed by atoms with Crippen molar-refractivity contribution in [3.8, 4) is 0 Å². The van der Waals surface area contributed by atoms with E-state index in [0.717, 1.165) is 38.5 Å². The van der Waals surface area contributed by atoms with Crippen LogP contribution in [0, 0.1) is 0 Å². The first-order chi connectivity index (χ1) is 18.8.